The molecule has 0 saturated heterocycles. The van der Waals surface area contributed by atoms with E-state index in [1.807, 2.05) is 0 Å². The van der Waals surface area contributed by atoms with Crippen molar-refractivity contribution in [2.45, 2.75) is 0 Å². The van der Waals surface area contributed by atoms with Gasteiger partial charge in [-0.1, -0.05) is 11.6 Å². The van der Waals surface area contributed by atoms with Crippen LogP contribution in [0, 0.1) is 0 Å². The van der Waals surface area contributed by atoms with Crippen molar-refractivity contribution in [1.82, 2.24) is 9.97 Å². The molecule has 0 aliphatic rings. The van der Waals surface area contributed by atoms with Crippen molar-refractivity contribution in [1.29, 1.82) is 0 Å². The number of carboxylic acids is 1. The Morgan fingerprint density at radius 2 is 2.06 bits per heavy atom. The zero-order valence-electron chi connectivity index (χ0n) is 8.59. The molecule has 0 radical (unpaired) electrons. The van der Waals surface area contributed by atoms with E-state index in [0.29, 0.717) is 16.9 Å². The zero-order valence-corrected chi connectivity index (χ0v) is 9.35. The van der Waals surface area contributed by atoms with Crippen molar-refractivity contribution >= 4 is 23.3 Å². The fraction of sp³-hybridized carbons (Fsp3) is 0. The molecule has 2 heterocycles. The van der Waals surface area contributed by atoms with Crippen LogP contribution in [-0.4, -0.2) is 21.0 Å². The first-order valence-corrected chi connectivity index (χ1v) is 5.05. The van der Waals surface area contributed by atoms with Crippen LogP contribution in [0.3, 0.4) is 0 Å². The van der Waals surface area contributed by atoms with Gasteiger partial charge >= 0.3 is 5.97 Å². The summed E-state index contributed by atoms with van der Waals surface area (Å²) < 4.78 is 0. The van der Waals surface area contributed by atoms with E-state index in [4.69, 9.17) is 22.4 Å². The molecule has 2 aromatic heterocycles. The van der Waals surface area contributed by atoms with Crippen LogP contribution < -0.4 is 5.73 Å². The smallest absolute Gasteiger partial charge is 0.337 e. The summed E-state index contributed by atoms with van der Waals surface area (Å²) in [6.45, 7) is 0. The van der Waals surface area contributed by atoms with Crippen molar-refractivity contribution in [2.24, 2.45) is 0 Å². The number of pyridine rings is 2. The van der Waals surface area contributed by atoms with Gasteiger partial charge in [-0.15, -0.1) is 0 Å². The summed E-state index contributed by atoms with van der Waals surface area (Å²) in [7, 11) is 0. The number of aromatic carboxylic acids is 1. The highest BCUT2D eigenvalue weighted by atomic mass is 35.5. The molecular weight excluding hydrogens is 242 g/mol. The third kappa shape index (κ3) is 2.34. The van der Waals surface area contributed by atoms with Crippen LogP contribution in [0.25, 0.3) is 11.3 Å². The number of nitrogens with two attached hydrogens (primary N) is 1. The summed E-state index contributed by atoms with van der Waals surface area (Å²) in [6, 6.07) is 3.01. The van der Waals surface area contributed by atoms with Crippen molar-refractivity contribution in [3.63, 3.8) is 0 Å². The molecule has 0 bridgehead atoms. The van der Waals surface area contributed by atoms with E-state index in [1.165, 1.54) is 18.5 Å². The molecule has 0 aliphatic carbocycles. The number of hydrogen-bond donors (Lipinski definition) is 2. The van der Waals surface area contributed by atoms with Crippen LogP contribution in [0.5, 0.6) is 0 Å². The highest BCUT2D eigenvalue weighted by molar-refractivity contribution is 6.33. The van der Waals surface area contributed by atoms with E-state index in [-0.39, 0.29) is 10.6 Å². The van der Waals surface area contributed by atoms with Crippen LogP contribution in [0.15, 0.2) is 30.7 Å². The van der Waals surface area contributed by atoms with E-state index >= 15 is 0 Å². The molecule has 0 aromatic carbocycles. The third-order valence-electron chi connectivity index (χ3n) is 2.12. The second kappa shape index (κ2) is 4.39. The van der Waals surface area contributed by atoms with Crippen molar-refractivity contribution in [2.75, 3.05) is 5.73 Å². The standard InChI is InChI=1S/C11H8ClN3O2/c12-9-2-7(11(16)17)4-15-10(9)6-1-8(13)5-14-3-6/h1-5H,13H2,(H,16,17). The normalized spacial score (nSPS) is 10.2. The maximum Gasteiger partial charge on any atom is 0.337 e. The highest BCUT2D eigenvalue weighted by Crippen LogP contribution is 2.26. The van der Waals surface area contributed by atoms with Gasteiger partial charge in [0.1, 0.15) is 0 Å². The SMILES string of the molecule is Nc1cncc(-c2ncc(C(=O)O)cc2Cl)c1. The van der Waals surface area contributed by atoms with Gasteiger partial charge in [-0.2, -0.15) is 0 Å². The molecule has 0 saturated carbocycles. The summed E-state index contributed by atoms with van der Waals surface area (Å²) in [5, 5.41) is 9.03. The average Bonchev–Trinajstić information content (AvgIpc) is 2.28. The highest BCUT2D eigenvalue weighted by Gasteiger charge is 2.10. The molecule has 0 aliphatic heterocycles. The third-order valence-corrected chi connectivity index (χ3v) is 2.41. The van der Waals surface area contributed by atoms with Gasteiger partial charge in [0.2, 0.25) is 0 Å². The minimum absolute atomic E-state index is 0.0376. The molecule has 6 heteroatoms. The van der Waals surface area contributed by atoms with Gasteiger partial charge in [0.15, 0.2) is 0 Å². The number of carboxylic acid groups (broad SMARTS) is 1. The van der Waals surface area contributed by atoms with Gasteiger partial charge < -0.3 is 10.8 Å². The molecule has 2 rings (SSSR count). The predicted molar refractivity (Wildman–Crippen MR) is 63.8 cm³/mol. The van der Waals surface area contributed by atoms with E-state index in [2.05, 4.69) is 9.97 Å². The molecule has 0 amide bonds. The number of nitrogens with zero attached hydrogens (tertiary/aromatic N) is 2. The van der Waals surface area contributed by atoms with Crippen LogP contribution >= 0.6 is 11.6 Å². The molecule has 3 N–H and O–H groups in total. The first-order chi connectivity index (χ1) is 8.08. The number of nitrogen functional groups attached to an aromatic ring is 1. The predicted octanol–water partition coefficient (Wildman–Crippen LogP) is 2.08. The minimum atomic E-state index is -1.07. The lowest BCUT2D eigenvalue weighted by Crippen LogP contribution is -1.98. The van der Waals surface area contributed by atoms with Crippen LogP contribution in [0.2, 0.25) is 5.02 Å². The molecule has 0 fully saturated rings. The lowest BCUT2D eigenvalue weighted by Gasteiger charge is -2.04. The Hall–Kier alpha value is -2.14. The summed E-state index contributed by atoms with van der Waals surface area (Å²) in [4.78, 5) is 18.6. The topological polar surface area (TPSA) is 89.1 Å². The van der Waals surface area contributed by atoms with Crippen molar-refractivity contribution in [3.05, 3.63) is 41.3 Å². The Bertz CT molecular complexity index is 587. The number of rotatable bonds is 2. The molecular formula is C11H8ClN3O2. The molecule has 0 spiro atoms. The number of aromatic nitrogens is 2. The number of halogens is 1. The van der Waals surface area contributed by atoms with E-state index in [0.717, 1.165) is 0 Å². The zero-order chi connectivity index (χ0) is 12.4. The number of carbonyl (C=O) groups is 1. The quantitative estimate of drug-likeness (QED) is 0.851. The van der Waals surface area contributed by atoms with Crippen molar-refractivity contribution in [3.8, 4) is 11.3 Å². The number of hydrogen-bond acceptors (Lipinski definition) is 4. The molecule has 5 nitrogen and oxygen atoms in total. The largest absolute Gasteiger partial charge is 0.478 e. The first kappa shape index (κ1) is 11.3. The molecule has 86 valence electrons. The van der Waals surface area contributed by atoms with Gasteiger partial charge in [0.05, 0.1) is 22.0 Å². The summed E-state index contributed by atoms with van der Waals surface area (Å²) in [5.41, 5.74) is 7.22. The Morgan fingerprint density at radius 1 is 1.29 bits per heavy atom. The molecule has 0 atom stereocenters. The van der Waals surface area contributed by atoms with E-state index in [1.54, 1.807) is 12.3 Å². The van der Waals surface area contributed by atoms with Gasteiger partial charge in [-0.3, -0.25) is 9.97 Å². The van der Waals surface area contributed by atoms with Gasteiger partial charge in [0, 0.05) is 24.2 Å². The van der Waals surface area contributed by atoms with Crippen molar-refractivity contribution < 1.29 is 9.90 Å². The lowest BCUT2D eigenvalue weighted by molar-refractivity contribution is 0.0696. The second-order valence-corrected chi connectivity index (χ2v) is 3.77. The Balaban J connectivity index is 2.50. The maximum absolute atomic E-state index is 10.7. The monoisotopic (exact) mass is 249 g/mol. The number of anilines is 1. The van der Waals surface area contributed by atoms with Crippen LogP contribution in [-0.2, 0) is 0 Å². The molecule has 2 aromatic rings. The average molecular weight is 250 g/mol. The van der Waals surface area contributed by atoms with Gasteiger partial charge in [0.25, 0.3) is 0 Å². The first-order valence-electron chi connectivity index (χ1n) is 4.67. The summed E-state index contributed by atoms with van der Waals surface area (Å²) >= 11 is 5.97. The second-order valence-electron chi connectivity index (χ2n) is 3.37. The molecule has 17 heavy (non-hydrogen) atoms. The summed E-state index contributed by atoms with van der Waals surface area (Å²) in [5.74, 6) is -1.07. The van der Waals surface area contributed by atoms with E-state index in [9.17, 15) is 4.79 Å². The Kier molecular flexibility index (Phi) is 2.93. The van der Waals surface area contributed by atoms with Crippen LogP contribution in [0.4, 0.5) is 5.69 Å². The Labute approximate surface area is 102 Å². The Morgan fingerprint density at radius 3 is 2.65 bits per heavy atom. The van der Waals surface area contributed by atoms with Gasteiger partial charge in [-0.05, 0) is 12.1 Å². The fourth-order valence-electron chi connectivity index (χ4n) is 1.35. The van der Waals surface area contributed by atoms with Gasteiger partial charge in [-0.25, -0.2) is 4.79 Å². The molecule has 0 unspecified atom stereocenters. The van der Waals surface area contributed by atoms with Crippen LogP contribution in [0.1, 0.15) is 10.4 Å². The lowest BCUT2D eigenvalue weighted by atomic mass is 10.1. The maximum atomic E-state index is 10.7. The minimum Gasteiger partial charge on any atom is -0.478 e. The summed E-state index contributed by atoms with van der Waals surface area (Å²) in [6.07, 6.45) is 4.31. The fourth-order valence-corrected chi connectivity index (χ4v) is 1.63. The van der Waals surface area contributed by atoms with E-state index < -0.39 is 5.97 Å².